The summed E-state index contributed by atoms with van der Waals surface area (Å²) in [5.74, 6) is 1.09. The molecule has 1 aliphatic carbocycles. The van der Waals surface area contributed by atoms with Crippen LogP contribution in [0.1, 0.15) is 30.0 Å². The van der Waals surface area contributed by atoms with Crippen LogP contribution in [0.4, 0.5) is 0 Å². The number of rotatable bonds is 3. The number of aromatic nitrogens is 2. The monoisotopic (exact) mass is 277 g/mol. The van der Waals surface area contributed by atoms with Gasteiger partial charge >= 0.3 is 0 Å². The van der Waals surface area contributed by atoms with Crippen molar-refractivity contribution in [3.63, 3.8) is 0 Å². The van der Waals surface area contributed by atoms with E-state index in [-0.39, 0.29) is 0 Å². The molecule has 0 radical (unpaired) electrons. The molecule has 3 heteroatoms. The Labute approximate surface area is 124 Å². The predicted molar refractivity (Wildman–Crippen MR) is 86.1 cm³/mol. The molecule has 1 aliphatic rings. The second-order valence-corrected chi connectivity index (χ2v) is 5.93. The topological polar surface area (TPSA) is 43.8 Å². The highest BCUT2D eigenvalue weighted by molar-refractivity contribution is 5.82. The molecule has 2 N–H and O–H groups in total. The van der Waals surface area contributed by atoms with E-state index in [2.05, 4.69) is 54.0 Å². The highest BCUT2D eigenvalue weighted by Gasteiger charge is 2.28. The fraction of sp³-hybridized carbons (Fsp3) is 0.278. The molecular formula is C18H19N3. The third-order valence-electron chi connectivity index (χ3n) is 4.18. The summed E-state index contributed by atoms with van der Waals surface area (Å²) in [6.07, 6.45) is 2.51. The van der Waals surface area contributed by atoms with Gasteiger partial charge < -0.3 is 10.3 Å². The number of fused-ring (bicyclic) bond motifs is 1. The zero-order valence-corrected chi connectivity index (χ0v) is 12.2. The van der Waals surface area contributed by atoms with Crippen molar-refractivity contribution in [3.05, 3.63) is 53.6 Å². The van der Waals surface area contributed by atoms with Gasteiger partial charge in [-0.25, -0.2) is 4.98 Å². The van der Waals surface area contributed by atoms with Gasteiger partial charge in [0.25, 0.3) is 0 Å². The third-order valence-corrected chi connectivity index (χ3v) is 4.18. The van der Waals surface area contributed by atoms with E-state index >= 15 is 0 Å². The molecule has 1 heterocycles. The zero-order chi connectivity index (χ0) is 14.4. The Morgan fingerprint density at radius 1 is 1.19 bits per heavy atom. The molecule has 106 valence electrons. The molecule has 1 fully saturated rings. The van der Waals surface area contributed by atoms with Crippen molar-refractivity contribution in [3.8, 4) is 11.4 Å². The fourth-order valence-electron chi connectivity index (χ4n) is 2.96. The van der Waals surface area contributed by atoms with E-state index in [1.165, 1.54) is 29.5 Å². The van der Waals surface area contributed by atoms with E-state index < -0.39 is 0 Å². The third kappa shape index (κ3) is 2.14. The Morgan fingerprint density at radius 2 is 2.05 bits per heavy atom. The molecule has 1 saturated carbocycles. The molecule has 0 spiro atoms. The molecule has 0 bridgehead atoms. The lowest BCUT2D eigenvalue weighted by Gasteiger charge is -2.08. The van der Waals surface area contributed by atoms with Crippen LogP contribution in [0, 0.1) is 6.92 Å². The second-order valence-electron chi connectivity index (χ2n) is 5.93. The summed E-state index contributed by atoms with van der Waals surface area (Å²) < 4.78 is 2.41. The SMILES string of the molecule is Cc1cccc(-c2nc3cc(CN)ccc3n2C2CC2)c1. The van der Waals surface area contributed by atoms with E-state index in [0.29, 0.717) is 12.6 Å². The molecule has 0 unspecified atom stereocenters. The average Bonchev–Trinajstić information content (AvgIpc) is 3.26. The smallest absolute Gasteiger partial charge is 0.141 e. The van der Waals surface area contributed by atoms with Gasteiger partial charge in [-0.1, -0.05) is 29.8 Å². The lowest BCUT2D eigenvalue weighted by molar-refractivity contribution is 0.775. The van der Waals surface area contributed by atoms with Crippen LogP contribution < -0.4 is 5.73 Å². The van der Waals surface area contributed by atoms with Crippen molar-refractivity contribution in [2.75, 3.05) is 0 Å². The van der Waals surface area contributed by atoms with E-state index in [4.69, 9.17) is 10.7 Å². The first-order valence-electron chi connectivity index (χ1n) is 7.54. The number of benzene rings is 2. The maximum atomic E-state index is 5.75. The number of nitrogens with zero attached hydrogens (tertiary/aromatic N) is 2. The lowest BCUT2D eigenvalue weighted by atomic mass is 10.1. The number of nitrogens with two attached hydrogens (primary N) is 1. The van der Waals surface area contributed by atoms with Crippen LogP contribution in [0.15, 0.2) is 42.5 Å². The van der Waals surface area contributed by atoms with Gasteiger partial charge in [0.05, 0.1) is 11.0 Å². The Balaban J connectivity index is 1.97. The van der Waals surface area contributed by atoms with E-state index in [9.17, 15) is 0 Å². The van der Waals surface area contributed by atoms with Crippen LogP contribution in [0.3, 0.4) is 0 Å². The number of hydrogen-bond donors (Lipinski definition) is 1. The Bertz CT molecular complexity index is 812. The highest BCUT2D eigenvalue weighted by Crippen LogP contribution is 2.41. The highest BCUT2D eigenvalue weighted by atomic mass is 15.1. The Morgan fingerprint density at radius 3 is 2.76 bits per heavy atom. The number of aryl methyl sites for hydroxylation is 1. The minimum atomic E-state index is 0.562. The van der Waals surface area contributed by atoms with E-state index in [1.807, 2.05) is 0 Å². The normalized spacial score (nSPS) is 14.8. The molecule has 3 nitrogen and oxygen atoms in total. The molecule has 4 rings (SSSR count). The van der Waals surface area contributed by atoms with Crippen molar-refractivity contribution < 1.29 is 0 Å². The van der Waals surface area contributed by atoms with Crippen LogP contribution >= 0.6 is 0 Å². The summed E-state index contributed by atoms with van der Waals surface area (Å²) >= 11 is 0. The number of imidazole rings is 1. The summed E-state index contributed by atoms with van der Waals surface area (Å²) in [5.41, 5.74) is 11.6. The van der Waals surface area contributed by atoms with Crippen molar-refractivity contribution in [2.45, 2.75) is 32.4 Å². The summed E-state index contributed by atoms with van der Waals surface area (Å²) in [6.45, 7) is 2.69. The van der Waals surface area contributed by atoms with Gasteiger partial charge in [-0.05, 0) is 43.5 Å². The van der Waals surface area contributed by atoms with Crippen molar-refractivity contribution in [2.24, 2.45) is 5.73 Å². The van der Waals surface area contributed by atoms with Gasteiger partial charge in [-0.2, -0.15) is 0 Å². The summed E-state index contributed by atoms with van der Waals surface area (Å²) in [6, 6.07) is 15.6. The van der Waals surface area contributed by atoms with E-state index in [0.717, 1.165) is 16.9 Å². The summed E-state index contributed by atoms with van der Waals surface area (Å²) in [7, 11) is 0. The molecule has 0 amide bonds. The minimum absolute atomic E-state index is 0.562. The fourth-order valence-corrected chi connectivity index (χ4v) is 2.96. The Hall–Kier alpha value is -2.13. The quantitative estimate of drug-likeness (QED) is 0.791. The molecule has 3 aromatic rings. The standard InChI is InChI=1S/C18H19N3/c1-12-3-2-4-14(9-12)18-20-16-10-13(11-19)5-8-17(16)21(18)15-6-7-15/h2-5,8-10,15H,6-7,11,19H2,1H3. The van der Waals surface area contributed by atoms with Gasteiger partial charge in [-0.15, -0.1) is 0 Å². The second kappa shape index (κ2) is 4.71. The van der Waals surface area contributed by atoms with Gasteiger partial charge in [-0.3, -0.25) is 0 Å². The molecule has 21 heavy (non-hydrogen) atoms. The molecular weight excluding hydrogens is 258 g/mol. The minimum Gasteiger partial charge on any atom is -0.326 e. The first-order chi connectivity index (χ1) is 10.3. The largest absolute Gasteiger partial charge is 0.326 e. The summed E-state index contributed by atoms with van der Waals surface area (Å²) in [4.78, 5) is 4.90. The molecule has 0 saturated heterocycles. The maximum absolute atomic E-state index is 5.75. The molecule has 2 aromatic carbocycles. The van der Waals surface area contributed by atoms with Crippen LogP contribution in [0.5, 0.6) is 0 Å². The van der Waals surface area contributed by atoms with Crippen molar-refractivity contribution >= 4 is 11.0 Å². The molecule has 1 aromatic heterocycles. The van der Waals surface area contributed by atoms with Crippen molar-refractivity contribution in [1.29, 1.82) is 0 Å². The Kier molecular flexibility index (Phi) is 2.82. The van der Waals surface area contributed by atoms with Crippen LogP contribution in [0.25, 0.3) is 22.4 Å². The first-order valence-corrected chi connectivity index (χ1v) is 7.54. The number of hydrogen-bond acceptors (Lipinski definition) is 2. The van der Waals surface area contributed by atoms with Crippen LogP contribution in [-0.2, 0) is 6.54 Å². The van der Waals surface area contributed by atoms with E-state index in [1.54, 1.807) is 0 Å². The average molecular weight is 277 g/mol. The lowest BCUT2D eigenvalue weighted by Crippen LogP contribution is -1.98. The van der Waals surface area contributed by atoms with Crippen molar-refractivity contribution in [1.82, 2.24) is 9.55 Å². The van der Waals surface area contributed by atoms with Gasteiger partial charge in [0.15, 0.2) is 0 Å². The van der Waals surface area contributed by atoms with Crippen LogP contribution in [0.2, 0.25) is 0 Å². The summed E-state index contributed by atoms with van der Waals surface area (Å²) in [5, 5.41) is 0. The van der Waals surface area contributed by atoms with Gasteiger partial charge in [0.1, 0.15) is 5.82 Å². The maximum Gasteiger partial charge on any atom is 0.141 e. The molecule has 0 aliphatic heterocycles. The zero-order valence-electron chi connectivity index (χ0n) is 12.2. The van der Waals surface area contributed by atoms with Gasteiger partial charge in [0, 0.05) is 18.2 Å². The first kappa shape index (κ1) is 12.6. The van der Waals surface area contributed by atoms with Gasteiger partial charge in [0.2, 0.25) is 0 Å². The predicted octanol–water partition coefficient (Wildman–Crippen LogP) is 3.81. The molecule has 0 atom stereocenters. The van der Waals surface area contributed by atoms with Crippen LogP contribution in [-0.4, -0.2) is 9.55 Å².